The van der Waals surface area contributed by atoms with Crippen LogP contribution < -0.4 is 0 Å². The lowest BCUT2D eigenvalue weighted by Gasteiger charge is -2.44. The normalized spacial score (nSPS) is 19.4. The highest BCUT2D eigenvalue weighted by Gasteiger charge is 2.48. The fourth-order valence-electron chi connectivity index (χ4n) is 3.65. The zero-order valence-electron chi connectivity index (χ0n) is 12.3. The van der Waals surface area contributed by atoms with Crippen molar-refractivity contribution in [1.82, 2.24) is 4.90 Å². The molecule has 114 valence electrons. The van der Waals surface area contributed by atoms with Gasteiger partial charge in [0.2, 0.25) is 5.91 Å². The number of hydrogen-bond acceptors (Lipinski definition) is 2. The molecule has 0 N–H and O–H groups in total. The Morgan fingerprint density at radius 1 is 1.18 bits per heavy atom. The second-order valence-corrected chi connectivity index (χ2v) is 7.29. The monoisotopic (exact) mass is 315 g/mol. The zero-order valence-corrected chi connectivity index (χ0v) is 13.2. The molecule has 0 bridgehead atoms. The first kappa shape index (κ1) is 13.9. The number of benzene rings is 1. The number of thiophene rings is 1. The molecule has 1 aliphatic carbocycles. The van der Waals surface area contributed by atoms with Gasteiger partial charge in [-0.2, -0.15) is 0 Å². The topological polar surface area (TPSA) is 20.3 Å². The van der Waals surface area contributed by atoms with E-state index in [4.69, 9.17) is 0 Å². The molecule has 2 aliphatic rings. The highest BCUT2D eigenvalue weighted by molar-refractivity contribution is 7.10. The minimum atomic E-state index is -0.415. The Morgan fingerprint density at radius 3 is 2.64 bits per heavy atom. The van der Waals surface area contributed by atoms with Gasteiger partial charge in [-0.25, -0.2) is 4.39 Å². The molecule has 0 radical (unpaired) electrons. The van der Waals surface area contributed by atoms with E-state index < -0.39 is 5.41 Å². The Bertz CT molecular complexity index is 702. The van der Waals surface area contributed by atoms with Crippen LogP contribution in [0.4, 0.5) is 4.39 Å². The lowest BCUT2D eigenvalue weighted by molar-refractivity contribution is -0.141. The molecule has 0 unspecified atom stereocenters. The molecule has 4 heteroatoms. The molecule has 1 aliphatic heterocycles. The van der Waals surface area contributed by atoms with Crippen molar-refractivity contribution in [3.05, 3.63) is 57.5 Å². The Balaban J connectivity index is 1.62. The van der Waals surface area contributed by atoms with E-state index in [9.17, 15) is 9.18 Å². The molecule has 0 atom stereocenters. The fourth-order valence-corrected chi connectivity index (χ4v) is 4.54. The van der Waals surface area contributed by atoms with E-state index in [1.807, 2.05) is 4.90 Å². The van der Waals surface area contributed by atoms with Crippen LogP contribution in [0.15, 0.2) is 35.7 Å². The maximum atomic E-state index is 13.2. The van der Waals surface area contributed by atoms with Crippen molar-refractivity contribution in [3.8, 4) is 0 Å². The smallest absolute Gasteiger partial charge is 0.233 e. The van der Waals surface area contributed by atoms with Crippen LogP contribution >= 0.6 is 11.3 Å². The predicted octanol–water partition coefficient (Wildman–Crippen LogP) is 3.89. The maximum absolute atomic E-state index is 13.2. The highest BCUT2D eigenvalue weighted by atomic mass is 32.1. The summed E-state index contributed by atoms with van der Waals surface area (Å²) in [5, 5.41) is 2.11. The summed E-state index contributed by atoms with van der Waals surface area (Å²) >= 11 is 1.78. The molecule has 0 spiro atoms. The van der Waals surface area contributed by atoms with E-state index in [0.717, 1.165) is 44.3 Å². The third-order valence-electron chi connectivity index (χ3n) is 5.11. The maximum Gasteiger partial charge on any atom is 0.233 e. The Kier molecular flexibility index (Phi) is 3.30. The molecule has 1 fully saturated rings. The summed E-state index contributed by atoms with van der Waals surface area (Å²) in [5.74, 6) is -0.0197. The molecule has 2 nitrogen and oxygen atoms in total. The molecule has 22 heavy (non-hydrogen) atoms. The predicted molar refractivity (Wildman–Crippen MR) is 85.4 cm³/mol. The van der Waals surface area contributed by atoms with Gasteiger partial charge in [-0.1, -0.05) is 18.6 Å². The van der Waals surface area contributed by atoms with E-state index in [-0.39, 0.29) is 11.7 Å². The van der Waals surface area contributed by atoms with Crippen molar-refractivity contribution < 1.29 is 9.18 Å². The first-order valence-electron chi connectivity index (χ1n) is 7.80. The lowest BCUT2D eigenvalue weighted by atomic mass is 9.63. The van der Waals surface area contributed by atoms with E-state index in [1.54, 1.807) is 23.5 Å². The first-order chi connectivity index (χ1) is 10.7. The summed E-state index contributed by atoms with van der Waals surface area (Å²) in [6.45, 7) is 1.52. The third-order valence-corrected chi connectivity index (χ3v) is 6.13. The standard InChI is InChI=1S/C18H18FNOS/c19-15-4-2-14(3-5-15)18(8-1-9-18)17(21)20-10-6-16-13(12-20)7-11-22-16/h2-5,7,11H,1,6,8-10,12H2. The van der Waals surface area contributed by atoms with Crippen LogP contribution in [0, 0.1) is 5.82 Å². The van der Waals surface area contributed by atoms with E-state index in [1.165, 1.54) is 22.6 Å². The van der Waals surface area contributed by atoms with Gasteiger partial charge in [0.1, 0.15) is 5.82 Å². The Morgan fingerprint density at radius 2 is 1.95 bits per heavy atom. The average Bonchev–Trinajstić information content (AvgIpc) is 2.95. The second-order valence-electron chi connectivity index (χ2n) is 6.29. The minimum Gasteiger partial charge on any atom is -0.337 e. The highest BCUT2D eigenvalue weighted by Crippen LogP contribution is 2.46. The number of carbonyl (C=O) groups excluding carboxylic acids is 1. The largest absolute Gasteiger partial charge is 0.337 e. The Labute approximate surface area is 133 Å². The molecule has 1 saturated carbocycles. The van der Waals surface area contributed by atoms with Gasteiger partial charge >= 0.3 is 0 Å². The Hall–Kier alpha value is -1.68. The van der Waals surface area contributed by atoms with Gasteiger partial charge < -0.3 is 4.90 Å². The quantitative estimate of drug-likeness (QED) is 0.823. The fraction of sp³-hybridized carbons (Fsp3) is 0.389. The van der Waals surface area contributed by atoms with Gasteiger partial charge in [-0.15, -0.1) is 11.3 Å². The molecular formula is C18H18FNOS. The minimum absolute atomic E-state index is 0.224. The van der Waals surface area contributed by atoms with Crippen LogP contribution in [0.5, 0.6) is 0 Å². The number of halogens is 1. The first-order valence-corrected chi connectivity index (χ1v) is 8.68. The summed E-state index contributed by atoms with van der Waals surface area (Å²) in [4.78, 5) is 16.6. The summed E-state index contributed by atoms with van der Waals surface area (Å²) in [6, 6.07) is 8.63. The van der Waals surface area contributed by atoms with Crippen LogP contribution in [0.1, 0.15) is 35.3 Å². The molecule has 2 heterocycles. The van der Waals surface area contributed by atoms with Crippen molar-refractivity contribution in [1.29, 1.82) is 0 Å². The van der Waals surface area contributed by atoms with Crippen LogP contribution in [0.25, 0.3) is 0 Å². The molecule has 0 saturated heterocycles. The molecule has 1 amide bonds. The van der Waals surface area contributed by atoms with Crippen LogP contribution in [-0.4, -0.2) is 17.4 Å². The summed E-state index contributed by atoms with van der Waals surface area (Å²) in [6.07, 6.45) is 3.79. The summed E-state index contributed by atoms with van der Waals surface area (Å²) in [7, 11) is 0. The summed E-state index contributed by atoms with van der Waals surface area (Å²) < 4.78 is 13.2. The number of hydrogen-bond donors (Lipinski definition) is 0. The second kappa shape index (κ2) is 5.20. The van der Waals surface area contributed by atoms with Crippen molar-refractivity contribution >= 4 is 17.2 Å². The molecule has 4 rings (SSSR count). The van der Waals surface area contributed by atoms with E-state index in [2.05, 4.69) is 11.4 Å². The van der Waals surface area contributed by atoms with Crippen LogP contribution in [0.2, 0.25) is 0 Å². The molecule has 1 aromatic heterocycles. The van der Waals surface area contributed by atoms with Gasteiger partial charge in [0.25, 0.3) is 0 Å². The van der Waals surface area contributed by atoms with Crippen molar-refractivity contribution in [3.63, 3.8) is 0 Å². The van der Waals surface area contributed by atoms with Crippen LogP contribution in [0.3, 0.4) is 0 Å². The number of carbonyl (C=O) groups is 1. The number of rotatable bonds is 2. The van der Waals surface area contributed by atoms with Gasteiger partial charge in [0, 0.05) is 18.0 Å². The van der Waals surface area contributed by atoms with Gasteiger partial charge in [0.15, 0.2) is 0 Å². The SMILES string of the molecule is O=C(N1CCc2sccc2C1)C1(c2ccc(F)cc2)CCC1. The summed E-state index contributed by atoms with van der Waals surface area (Å²) in [5.41, 5.74) is 1.85. The van der Waals surface area contributed by atoms with Crippen molar-refractivity contribution in [2.24, 2.45) is 0 Å². The van der Waals surface area contributed by atoms with Gasteiger partial charge in [-0.3, -0.25) is 4.79 Å². The number of amides is 1. The van der Waals surface area contributed by atoms with E-state index in [0.29, 0.717) is 0 Å². The van der Waals surface area contributed by atoms with Crippen molar-refractivity contribution in [2.75, 3.05) is 6.54 Å². The van der Waals surface area contributed by atoms with Crippen LogP contribution in [-0.2, 0) is 23.2 Å². The zero-order chi connectivity index (χ0) is 15.2. The average molecular weight is 315 g/mol. The number of nitrogens with zero attached hydrogens (tertiary/aromatic N) is 1. The molecule has 2 aromatic rings. The lowest BCUT2D eigenvalue weighted by Crippen LogP contribution is -2.52. The van der Waals surface area contributed by atoms with Crippen molar-refractivity contribution in [2.45, 2.75) is 37.6 Å². The van der Waals surface area contributed by atoms with Gasteiger partial charge in [-0.05, 0) is 54.0 Å². The molecule has 1 aromatic carbocycles. The van der Waals surface area contributed by atoms with E-state index >= 15 is 0 Å². The molecular weight excluding hydrogens is 297 g/mol. The number of fused-ring (bicyclic) bond motifs is 1. The van der Waals surface area contributed by atoms with Gasteiger partial charge in [0.05, 0.1) is 5.41 Å². The third kappa shape index (κ3) is 2.09.